The minimum atomic E-state index is -0.425. The Morgan fingerprint density at radius 1 is 0.955 bits per heavy atom. The predicted octanol–water partition coefficient (Wildman–Crippen LogP) is 2.97. The van der Waals surface area contributed by atoms with Crippen LogP contribution >= 0.6 is 0 Å². The first kappa shape index (κ1) is 15.8. The molecule has 4 nitrogen and oxygen atoms in total. The molecule has 0 aliphatic carbocycles. The average molecular weight is 298 g/mol. The summed E-state index contributed by atoms with van der Waals surface area (Å²) in [4.78, 5) is 23.7. The minimum Gasteiger partial charge on any atom is -0.497 e. The Balaban J connectivity index is 1.84. The van der Waals surface area contributed by atoms with Gasteiger partial charge in [-0.1, -0.05) is 42.0 Å². The van der Waals surface area contributed by atoms with Gasteiger partial charge in [0.1, 0.15) is 5.75 Å². The number of ketones is 1. The second kappa shape index (κ2) is 7.41. The minimum absolute atomic E-state index is 0.130. The van der Waals surface area contributed by atoms with E-state index in [1.807, 2.05) is 19.1 Å². The van der Waals surface area contributed by atoms with E-state index < -0.39 is 5.97 Å². The van der Waals surface area contributed by atoms with Crippen LogP contribution in [0.4, 0.5) is 0 Å². The molecule has 0 saturated carbocycles. The number of carbonyl (C=O) groups excluding carboxylic acids is 2. The van der Waals surface area contributed by atoms with E-state index in [2.05, 4.69) is 0 Å². The number of carbonyl (C=O) groups is 2. The molecule has 0 unspecified atom stereocenters. The molecule has 0 aromatic heterocycles. The summed E-state index contributed by atoms with van der Waals surface area (Å²) in [6, 6.07) is 14.3. The molecule has 0 atom stereocenters. The molecule has 0 N–H and O–H groups in total. The molecular formula is C18H18O4. The summed E-state index contributed by atoms with van der Waals surface area (Å²) in [7, 11) is 1.58. The lowest BCUT2D eigenvalue weighted by Gasteiger charge is -2.06. The molecule has 0 spiro atoms. The fourth-order valence-electron chi connectivity index (χ4n) is 1.93. The van der Waals surface area contributed by atoms with Gasteiger partial charge in [0.25, 0.3) is 0 Å². The van der Waals surface area contributed by atoms with Gasteiger partial charge in [-0.25, -0.2) is 0 Å². The first-order chi connectivity index (χ1) is 10.6. The van der Waals surface area contributed by atoms with Crippen molar-refractivity contribution in [1.29, 1.82) is 0 Å². The SMILES string of the molecule is COc1ccc(CC(=O)OCC(=O)c2ccc(C)cc2)cc1. The van der Waals surface area contributed by atoms with Crippen molar-refractivity contribution in [2.45, 2.75) is 13.3 Å². The number of rotatable bonds is 6. The molecule has 0 heterocycles. The highest BCUT2D eigenvalue weighted by Gasteiger charge is 2.10. The Labute approximate surface area is 129 Å². The smallest absolute Gasteiger partial charge is 0.310 e. The lowest BCUT2D eigenvalue weighted by molar-refractivity contribution is -0.141. The van der Waals surface area contributed by atoms with Crippen molar-refractivity contribution in [3.63, 3.8) is 0 Å². The van der Waals surface area contributed by atoms with Crippen molar-refractivity contribution in [3.8, 4) is 5.75 Å². The van der Waals surface area contributed by atoms with Gasteiger partial charge >= 0.3 is 5.97 Å². The zero-order chi connectivity index (χ0) is 15.9. The van der Waals surface area contributed by atoms with Gasteiger partial charge in [-0.3, -0.25) is 9.59 Å². The molecule has 0 aliphatic heterocycles. The fraction of sp³-hybridized carbons (Fsp3) is 0.222. The van der Waals surface area contributed by atoms with Crippen molar-refractivity contribution in [3.05, 3.63) is 65.2 Å². The third-order valence-corrected chi connectivity index (χ3v) is 3.25. The molecule has 2 aromatic carbocycles. The number of methoxy groups -OCH3 is 1. The Morgan fingerprint density at radius 3 is 2.18 bits per heavy atom. The highest BCUT2D eigenvalue weighted by atomic mass is 16.5. The van der Waals surface area contributed by atoms with E-state index in [0.717, 1.165) is 16.9 Å². The maximum absolute atomic E-state index is 11.9. The highest BCUT2D eigenvalue weighted by molar-refractivity contribution is 5.98. The van der Waals surface area contributed by atoms with Crippen molar-refractivity contribution in [1.82, 2.24) is 0 Å². The normalized spacial score (nSPS) is 10.1. The second-order valence-electron chi connectivity index (χ2n) is 4.97. The van der Waals surface area contributed by atoms with Crippen molar-refractivity contribution in [2.24, 2.45) is 0 Å². The van der Waals surface area contributed by atoms with Crippen LogP contribution in [0, 0.1) is 6.92 Å². The Bertz CT molecular complexity index is 642. The van der Waals surface area contributed by atoms with Crippen LogP contribution in [0.3, 0.4) is 0 Å². The molecule has 114 valence electrons. The van der Waals surface area contributed by atoms with Crippen LogP contribution in [0.15, 0.2) is 48.5 Å². The van der Waals surface area contributed by atoms with Gasteiger partial charge in [0.05, 0.1) is 13.5 Å². The van der Waals surface area contributed by atoms with E-state index >= 15 is 0 Å². The lowest BCUT2D eigenvalue weighted by Crippen LogP contribution is -2.15. The van der Waals surface area contributed by atoms with Crippen LogP contribution < -0.4 is 4.74 Å². The van der Waals surface area contributed by atoms with E-state index in [4.69, 9.17) is 9.47 Å². The van der Waals surface area contributed by atoms with E-state index in [1.165, 1.54) is 0 Å². The van der Waals surface area contributed by atoms with Gasteiger partial charge < -0.3 is 9.47 Å². The van der Waals surface area contributed by atoms with E-state index in [9.17, 15) is 9.59 Å². The number of hydrogen-bond acceptors (Lipinski definition) is 4. The molecule has 2 rings (SSSR count). The monoisotopic (exact) mass is 298 g/mol. The fourth-order valence-corrected chi connectivity index (χ4v) is 1.93. The van der Waals surface area contributed by atoms with Crippen molar-refractivity contribution in [2.75, 3.05) is 13.7 Å². The number of aryl methyl sites for hydroxylation is 1. The zero-order valence-corrected chi connectivity index (χ0v) is 12.7. The van der Waals surface area contributed by atoms with E-state index in [-0.39, 0.29) is 18.8 Å². The van der Waals surface area contributed by atoms with Crippen LogP contribution in [0.5, 0.6) is 5.75 Å². The van der Waals surface area contributed by atoms with E-state index in [0.29, 0.717) is 5.56 Å². The first-order valence-electron chi connectivity index (χ1n) is 6.97. The average Bonchev–Trinajstić information content (AvgIpc) is 2.54. The van der Waals surface area contributed by atoms with E-state index in [1.54, 1.807) is 43.5 Å². The number of Topliss-reactive ketones (excluding diaryl/α,β-unsaturated/α-hetero) is 1. The maximum Gasteiger partial charge on any atom is 0.310 e. The summed E-state index contributed by atoms with van der Waals surface area (Å²) in [6.07, 6.45) is 0.130. The Morgan fingerprint density at radius 2 is 1.59 bits per heavy atom. The first-order valence-corrected chi connectivity index (χ1v) is 6.97. The van der Waals surface area contributed by atoms with Crippen molar-refractivity contribution >= 4 is 11.8 Å². The van der Waals surface area contributed by atoms with Gasteiger partial charge in [0.2, 0.25) is 0 Å². The second-order valence-corrected chi connectivity index (χ2v) is 4.97. The summed E-state index contributed by atoms with van der Waals surface area (Å²) < 4.78 is 10.1. The Kier molecular flexibility index (Phi) is 5.31. The molecule has 4 heteroatoms. The molecule has 0 bridgehead atoms. The summed E-state index contributed by atoms with van der Waals surface area (Å²) >= 11 is 0. The predicted molar refractivity (Wildman–Crippen MR) is 83.2 cm³/mol. The maximum atomic E-state index is 11.9. The lowest BCUT2D eigenvalue weighted by atomic mass is 10.1. The summed E-state index contributed by atoms with van der Waals surface area (Å²) in [5.74, 6) is 0.0976. The topological polar surface area (TPSA) is 52.6 Å². The highest BCUT2D eigenvalue weighted by Crippen LogP contribution is 2.12. The molecule has 0 fully saturated rings. The third kappa shape index (κ3) is 4.45. The van der Waals surface area contributed by atoms with Gasteiger partial charge in [-0.05, 0) is 24.6 Å². The summed E-state index contributed by atoms with van der Waals surface area (Å²) in [5, 5.41) is 0. The number of benzene rings is 2. The molecule has 0 amide bonds. The van der Waals surface area contributed by atoms with Gasteiger partial charge in [0, 0.05) is 5.56 Å². The Hall–Kier alpha value is -2.62. The van der Waals surface area contributed by atoms with Crippen LogP contribution in [-0.2, 0) is 16.0 Å². The van der Waals surface area contributed by atoms with Crippen LogP contribution in [0.2, 0.25) is 0 Å². The molecule has 0 saturated heterocycles. The van der Waals surface area contributed by atoms with Crippen LogP contribution in [0.1, 0.15) is 21.5 Å². The van der Waals surface area contributed by atoms with Gasteiger partial charge in [-0.2, -0.15) is 0 Å². The third-order valence-electron chi connectivity index (χ3n) is 3.25. The van der Waals surface area contributed by atoms with Gasteiger partial charge in [0.15, 0.2) is 12.4 Å². The summed E-state index contributed by atoms with van der Waals surface area (Å²) in [6.45, 7) is 1.71. The molecule has 0 aliphatic rings. The van der Waals surface area contributed by atoms with Crippen LogP contribution in [-0.4, -0.2) is 25.5 Å². The zero-order valence-electron chi connectivity index (χ0n) is 12.7. The van der Waals surface area contributed by atoms with Gasteiger partial charge in [-0.15, -0.1) is 0 Å². The standard InChI is InChI=1S/C18H18O4/c1-13-3-7-15(8-4-13)17(19)12-22-18(20)11-14-5-9-16(21-2)10-6-14/h3-10H,11-12H2,1-2H3. The molecule has 22 heavy (non-hydrogen) atoms. The molecule has 2 aromatic rings. The molecular weight excluding hydrogens is 280 g/mol. The van der Waals surface area contributed by atoms with Crippen molar-refractivity contribution < 1.29 is 19.1 Å². The quantitative estimate of drug-likeness (QED) is 0.608. The largest absolute Gasteiger partial charge is 0.497 e. The number of ether oxygens (including phenoxy) is 2. The molecule has 0 radical (unpaired) electrons. The number of hydrogen-bond donors (Lipinski definition) is 0. The van der Waals surface area contributed by atoms with Crippen LogP contribution in [0.25, 0.3) is 0 Å². The number of esters is 1. The summed E-state index contributed by atoms with van der Waals surface area (Å²) in [5.41, 5.74) is 2.43.